The summed E-state index contributed by atoms with van der Waals surface area (Å²) in [5, 5.41) is 12.8. The lowest BCUT2D eigenvalue weighted by Crippen LogP contribution is -2.21. The maximum absolute atomic E-state index is 12.0. The molecule has 3 rings (SSSR count). The predicted octanol–water partition coefficient (Wildman–Crippen LogP) is 4.02. The maximum Gasteiger partial charge on any atom is 0.298 e. The number of hydrogen-bond acceptors (Lipinski definition) is 5. The number of aryl methyl sites for hydroxylation is 2. The van der Waals surface area contributed by atoms with Crippen molar-refractivity contribution >= 4 is 44.1 Å². The van der Waals surface area contributed by atoms with Crippen molar-refractivity contribution in [1.29, 1.82) is 0 Å². The number of amides is 1. The lowest BCUT2D eigenvalue weighted by atomic mass is 10.1. The molecule has 1 aromatic heterocycles. The summed E-state index contributed by atoms with van der Waals surface area (Å²) < 4.78 is 0.931. The number of aliphatic hydroxyl groups excluding tert-OH is 1. The van der Waals surface area contributed by atoms with Gasteiger partial charge in [-0.1, -0.05) is 47.2 Å². The summed E-state index contributed by atoms with van der Waals surface area (Å²) in [4.78, 5) is 28.3. The van der Waals surface area contributed by atoms with Crippen LogP contribution in [-0.2, 0) is 9.59 Å². The molecule has 0 aliphatic heterocycles. The van der Waals surface area contributed by atoms with Crippen molar-refractivity contribution in [2.75, 3.05) is 5.32 Å². The molecule has 0 saturated heterocycles. The smallest absolute Gasteiger partial charge is 0.298 e. The number of nitrogens with one attached hydrogen (secondary N) is 1. The predicted molar refractivity (Wildman–Crippen MR) is 99.8 cm³/mol. The number of nitrogens with zero attached hydrogens (tertiary/aromatic N) is 1. The average Bonchev–Trinajstić information content (AvgIpc) is 2.96. The maximum atomic E-state index is 12.0. The van der Waals surface area contributed by atoms with Gasteiger partial charge in [-0.15, -0.1) is 0 Å². The summed E-state index contributed by atoms with van der Waals surface area (Å²) in [6.07, 6.45) is 0.914. The molecule has 0 aliphatic rings. The number of aromatic nitrogens is 1. The molecule has 5 nitrogen and oxygen atoms in total. The minimum atomic E-state index is -0.839. The van der Waals surface area contributed by atoms with Gasteiger partial charge in [-0.25, -0.2) is 4.98 Å². The van der Waals surface area contributed by atoms with Crippen molar-refractivity contribution in [2.45, 2.75) is 13.8 Å². The minimum Gasteiger partial charge on any atom is -0.507 e. The lowest BCUT2D eigenvalue weighted by molar-refractivity contribution is -0.131. The van der Waals surface area contributed by atoms with Crippen molar-refractivity contribution in [2.24, 2.45) is 0 Å². The van der Waals surface area contributed by atoms with Crippen LogP contribution in [0.2, 0.25) is 0 Å². The van der Waals surface area contributed by atoms with Crippen LogP contribution in [0.1, 0.15) is 16.7 Å². The van der Waals surface area contributed by atoms with E-state index in [0.717, 1.165) is 27.4 Å². The van der Waals surface area contributed by atoms with Crippen molar-refractivity contribution in [3.05, 3.63) is 65.2 Å². The standard InChI is InChI=1S/C19H16N2O3S/c1-11-3-6-13(7-4-11)15(22)10-16(23)18(24)21-19-20-14-8-5-12(2)9-17(14)25-19/h3-10,22H,1-2H3,(H,20,21,24). The molecule has 3 aromatic rings. The van der Waals surface area contributed by atoms with Crippen molar-refractivity contribution < 1.29 is 14.7 Å². The van der Waals surface area contributed by atoms with Crippen LogP contribution in [0.5, 0.6) is 0 Å². The third kappa shape index (κ3) is 3.92. The molecule has 2 N–H and O–H groups in total. The average molecular weight is 352 g/mol. The normalized spacial score (nSPS) is 11.5. The van der Waals surface area contributed by atoms with Crippen molar-refractivity contribution in [1.82, 2.24) is 4.98 Å². The van der Waals surface area contributed by atoms with E-state index in [1.165, 1.54) is 11.3 Å². The molecule has 0 radical (unpaired) electrons. The number of carbonyl (C=O) groups excluding carboxylic acids is 2. The highest BCUT2D eigenvalue weighted by Gasteiger charge is 2.15. The van der Waals surface area contributed by atoms with E-state index in [0.29, 0.717) is 10.7 Å². The highest BCUT2D eigenvalue weighted by Crippen LogP contribution is 2.26. The Hall–Kier alpha value is -2.99. The number of thiazole rings is 1. The van der Waals surface area contributed by atoms with Gasteiger partial charge < -0.3 is 5.11 Å². The molecule has 1 amide bonds. The monoisotopic (exact) mass is 352 g/mol. The van der Waals surface area contributed by atoms with Crippen LogP contribution in [0.15, 0.2) is 48.5 Å². The number of hydrogen-bond donors (Lipinski definition) is 2. The Balaban J connectivity index is 1.74. The van der Waals surface area contributed by atoms with Gasteiger partial charge in [-0.2, -0.15) is 0 Å². The van der Waals surface area contributed by atoms with Gasteiger partial charge in [-0.3, -0.25) is 14.9 Å². The third-order valence-electron chi connectivity index (χ3n) is 3.60. The zero-order valence-electron chi connectivity index (χ0n) is 13.7. The summed E-state index contributed by atoms with van der Waals surface area (Å²) in [5.74, 6) is -1.93. The number of fused-ring (bicyclic) bond motifs is 1. The Bertz CT molecular complexity index is 988. The molecule has 1 heterocycles. The number of aliphatic hydroxyl groups is 1. The molecule has 0 aliphatic carbocycles. The number of anilines is 1. The van der Waals surface area contributed by atoms with Crippen molar-refractivity contribution in [3.8, 4) is 0 Å². The van der Waals surface area contributed by atoms with E-state index < -0.39 is 11.7 Å². The first kappa shape index (κ1) is 16.9. The zero-order chi connectivity index (χ0) is 18.0. The molecule has 0 saturated carbocycles. The first-order valence-corrected chi connectivity index (χ1v) is 8.44. The second-order valence-corrected chi connectivity index (χ2v) is 6.73. The van der Waals surface area contributed by atoms with E-state index >= 15 is 0 Å². The quantitative estimate of drug-likeness (QED) is 0.422. The van der Waals surface area contributed by atoms with E-state index in [9.17, 15) is 14.7 Å². The van der Waals surface area contributed by atoms with Gasteiger partial charge in [-0.05, 0) is 31.5 Å². The van der Waals surface area contributed by atoms with Crippen molar-refractivity contribution in [3.63, 3.8) is 0 Å². The number of benzene rings is 2. The fourth-order valence-corrected chi connectivity index (χ4v) is 3.20. The van der Waals surface area contributed by atoms with Crippen LogP contribution in [-0.4, -0.2) is 21.8 Å². The summed E-state index contributed by atoms with van der Waals surface area (Å²) in [5.41, 5.74) is 3.36. The van der Waals surface area contributed by atoms with Crippen LogP contribution >= 0.6 is 11.3 Å². The topological polar surface area (TPSA) is 79.3 Å². The zero-order valence-corrected chi connectivity index (χ0v) is 14.6. The summed E-state index contributed by atoms with van der Waals surface area (Å²) in [6, 6.07) is 12.8. The SMILES string of the molecule is Cc1ccc(C(O)=CC(=O)C(=O)Nc2nc3ccc(C)cc3s2)cc1. The molecule has 0 bridgehead atoms. The summed E-state index contributed by atoms with van der Waals surface area (Å²) in [7, 11) is 0. The molecule has 6 heteroatoms. The summed E-state index contributed by atoms with van der Waals surface area (Å²) >= 11 is 1.30. The Morgan fingerprint density at radius 1 is 1.08 bits per heavy atom. The van der Waals surface area contributed by atoms with E-state index in [1.807, 2.05) is 44.2 Å². The van der Waals surface area contributed by atoms with Gasteiger partial charge in [0, 0.05) is 11.6 Å². The lowest BCUT2D eigenvalue weighted by Gasteiger charge is -2.01. The fourth-order valence-electron chi connectivity index (χ4n) is 2.24. The van der Waals surface area contributed by atoms with Gasteiger partial charge >= 0.3 is 0 Å². The molecule has 2 aromatic carbocycles. The first-order valence-electron chi connectivity index (χ1n) is 7.62. The molecular formula is C19H16N2O3S. The van der Waals surface area contributed by atoms with Crippen LogP contribution in [0.4, 0.5) is 5.13 Å². The van der Waals surface area contributed by atoms with Gasteiger partial charge in [0.2, 0.25) is 5.78 Å². The van der Waals surface area contributed by atoms with E-state index in [1.54, 1.807) is 12.1 Å². The molecule has 0 fully saturated rings. The van der Waals surface area contributed by atoms with Crippen LogP contribution < -0.4 is 5.32 Å². The van der Waals surface area contributed by atoms with E-state index in [-0.39, 0.29) is 5.76 Å². The Morgan fingerprint density at radius 2 is 1.76 bits per heavy atom. The highest BCUT2D eigenvalue weighted by atomic mass is 32.1. The number of rotatable bonds is 4. The number of carbonyl (C=O) groups is 2. The molecule has 126 valence electrons. The Morgan fingerprint density at radius 3 is 2.48 bits per heavy atom. The largest absolute Gasteiger partial charge is 0.507 e. The van der Waals surface area contributed by atoms with Crippen LogP contribution in [0.25, 0.3) is 16.0 Å². The minimum absolute atomic E-state index is 0.250. The second-order valence-electron chi connectivity index (χ2n) is 5.70. The fraction of sp³-hybridized carbons (Fsp3) is 0.105. The van der Waals surface area contributed by atoms with Gasteiger partial charge in [0.1, 0.15) is 5.76 Å². The first-order chi connectivity index (χ1) is 11.9. The second kappa shape index (κ2) is 6.86. The Kier molecular flexibility index (Phi) is 4.63. The molecular weight excluding hydrogens is 336 g/mol. The number of ketones is 1. The van der Waals surface area contributed by atoms with Gasteiger partial charge in [0.25, 0.3) is 5.91 Å². The third-order valence-corrected chi connectivity index (χ3v) is 4.54. The van der Waals surface area contributed by atoms with E-state index in [2.05, 4.69) is 10.3 Å². The van der Waals surface area contributed by atoms with Crippen LogP contribution in [0.3, 0.4) is 0 Å². The van der Waals surface area contributed by atoms with Crippen LogP contribution in [0, 0.1) is 13.8 Å². The van der Waals surface area contributed by atoms with E-state index in [4.69, 9.17) is 0 Å². The molecule has 0 unspecified atom stereocenters. The molecule has 0 spiro atoms. The summed E-state index contributed by atoms with van der Waals surface area (Å²) in [6.45, 7) is 3.89. The van der Waals surface area contributed by atoms with Gasteiger partial charge in [0.15, 0.2) is 5.13 Å². The van der Waals surface area contributed by atoms with Gasteiger partial charge in [0.05, 0.1) is 10.2 Å². The molecule has 0 atom stereocenters. The Labute approximate surface area is 148 Å². The highest BCUT2D eigenvalue weighted by molar-refractivity contribution is 7.22. The molecule has 25 heavy (non-hydrogen) atoms.